The summed E-state index contributed by atoms with van der Waals surface area (Å²) in [6.07, 6.45) is -3.39. The number of hydrogen-bond acceptors (Lipinski definition) is 4. The number of halogens is 4. The number of amides is 2. The SMILES string of the molecule is CC[C@H](C(=O)NC(C)(C)C)N(CCc1ccccc1)C(=O)CN(c1cc(C(F)(F)F)ccc1Cl)S(C)(=O)=O. The number of benzene rings is 2. The molecule has 210 valence electrons. The third kappa shape index (κ3) is 8.90. The standard InChI is InChI=1S/C26H33ClF3N3O4S/c1-6-21(24(35)31-25(2,3)4)32(15-14-18-10-8-7-9-11-18)23(34)17-33(38(5,36)37)22-16-19(26(28,29)30)12-13-20(22)27/h7-13,16,21H,6,14-15,17H2,1-5H3,(H,31,35)/t21-/m1/s1. The molecule has 0 saturated heterocycles. The van der Waals surface area contributed by atoms with Crippen molar-refractivity contribution in [3.05, 3.63) is 64.7 Å². The molecule has 0 spiro atoms. The van der Waals surface area contributed by atoms with Crippen molar-refractivity contribution in [2.24, 2.45) is 0 Å². The fourth-order valence-electron chi connectivity index (χ4n) is 3.82. The molecule has 0 fully saturated rings. The Morgan fingerprint density at radius 1 is 1.05 bits per heavy atom. The Balaban J connectivity index is 2.49. The van der Waals surface area contributed by atoms with Crippen LogP contribution < -0.4 is 9.62 Å². The van der Waals surface area contributed by atoms with Crippen LogP contribution in [0.15, 0.2) is 48.5 Å². The summed E-state index contributed by atoms with van der Waals surface area (Å²) in [6.45, 7) is 6.31. The van der Waals surface area contributed by atoms with Crippen molar-refractivity contribution >= 4 is 39.1 Å². The number of nitrogens with zero attached hydrogens (tertiary/aromatic N) is 2. The van der Waals surface area contributed by atoms with Gasteiger partial charge in [-0.3, -0.25) is 13.9 Å². The van der Waals surface area contributed by atoms with E-state index in [1.807, 2.05) is 30.3 Å². The zero-order valence-electron chi connectivity index (χ0n) is 22.0. The molecule has 2 rings (SSSR count). The molecule has 7 nitrogen and oxygen atoms in total. The lowest BCUT2D eigenvalue weighted by Gasteiger charge is -2.34. The van der Waals surface area contributed by atoms with E-state index >= 15 is 0 Å². The molecule has 0 aromatic heterocycles. The van der Waals surface area contributed by atoms with Gasteiger partial charge in [0.05, 0.1) is 22.5 Å². The van der Waals surface area contributed by atoms with Gasteiger partial charge in [0, 0.05) is 12.1 Å². The van der Waals surface area contributed by atoms with Gasteiger partial charge in [0.15, 0.2) is 0 Å². The normalized spacial score (nSPS) is 13.1. The number of alkyl halides is 3. The highest BCUT2D eigenvalue weighted by molar-refractivity contribution is 7.92. The van der Waals surface area contributed by atoms with Gasteiger partial charge in [0.1, 0.15) is 12.6 Å². The monoisotopic (exact) mass is 575 g/mol. The molecule has 2 aromatic carbocycles. The number of rotatable bonds is 10. The van der Waals surface area contributed by atoms with E-state index in [0.717, 1.165) is 24.0 Å². The molecule has 0 aliphatic carbocycles. The van der Waals surface area contributed by atoms with Crippen LogP contribution in [-0.2, 0) is 32.2 Å². The molecule has 1 atom stereocenters. The highest BCUT2D eigenvalue weighted by Crippen LogP contribution is 2.36. The molecule has 0 radical (unpaired) electrons. The third-order valence-corrected chi connectivity index (χ3v) is 7.04. The van der Waals surface area contributed by atoms with Gasteiger partial charge in [-0.25, -0.2) is 8.42 Å². The predicted molar refractivity (Wildman–Crippen MR) is 142 cm³/mol. The Morgan fingerprint density at radius 2 is 1.66 bits per heavy atom. The van der Waals surface area contributed by atoms with Crippen molar-refractivity contribution < 1.29 is 31.2 Å². The number of nitrogens with one attached hydrogen (secondary N) is 1. The van der Waals surface area contributed by atoms with Crippen molar-refractivity contribution in [3.63, 3.8) is 0 Å². The van der Waals surface area contributed by atoms with Gasteiger partial charge in [-0.2, -0.15) is 13.2 Å². The van der Waals surface area contributed by atoms with Gasteiger partial charge in [-0.15, -0.1) is 0 Å². The molecule has 0 bridgehead atoms. The Bertz CT molecular complexity index is 1230. The number of sulfonamides is 1. The van der Waals surface area contributed by atoms with Gasteiger partial charge in [-0.1, -0.05) is 48.9 Å². The molecule has 0 aliphatic heterocycles. The second-order valence-corrected chi connectivity index (χ2v) is 12.2. The van der Waals surface area contributed by atoms with Gasteiger partial charge < -0.3 is 10.2 Å². The summed E-state index contributed by atoms with van der Waals surface area (Å²) < 4.78 is 66.0. The van der Waals surface area contributed by atoms with Crippen LogP contribution in [0.4, 0.5) is 18.9 Å². The first-order chi connectivity index (χ1) is 17.4. The highest BCUT2D eigenvalue weighted by atomic mass is 35.5. The van der Waals surface area contributed by atoms with E-state index in [0.29, 0.717) is 16.8 Å². The Kier molecular flexibility index (Phi) is 10.2. The lowest BCUT2D eigenvalue weighted by Crippen LogP contribution is -2.56. The van der Waals surface area contributed by atoms with E-state index in [1.54, 1.807) is 27.7 Å². The molecule has 0 unspecified atom stereocenters. The minimum absolute atomic E-state index is 0.0762. The molecule has 0 saturated carbocycles. The van der Waals surface area contributed by atoms with Gasteiger partial charge in [-0.05, 0) is 57.4 Å². The van der Waals surface area contributed by atoms with Gasteiger partial charge in [0.25, 0.3) is 0 Å². The molecular weight excluding hydrogens is 543 g/mol. The number of anilines is 1. The molecule has 2 amide bonds. The van der Waals surface area contributed by atoms with Crippen LogP contribution >= 0.6 is 11.6 Å². The van der Waals surface area contributed by atoms with E-state index in [4.69, 9.17) is 11.6 Å². The summed E-state index contributed by atoms with van der Waals surface area (Å²) in [5.41, 5.74) is -1.30. The minimum Gasteiger partial charge on any atom is -0.350 e. The Morgan fingerprint density at radius 3 is 2.16 bits per heavy atom. The second-order valence-electron chi connectivity index (χ2n) is 9.92. The van der Waals surface area contributed by atoms with Gasteiger partial charge >= 0.3 is 6.18 Å². The van der Waals surface area contributed by atoms with E-state index < -0.39 is 57.4 Å². The Labute approximate surface area is 227 Å². The van der Waals surface area contributed by atoms with Crippen LogP contribution in [-0.4, -0.2) is 56.1 Å². The summed E-state index contributed by atoms with van der Waals surface area (Å²) in [5, 5.41) is 2.57. The van der Waals surface area contributed by atoms with Crippen LogP contribution in [0.5, 0.6) is 0 Å². The van der Waals surface area contributed by atoms with E-state index in [9.17, 15) is 31.2 Å². The first-order valence-corrected chi connectivity index (χ1v) is 14.2. The summed E-state index contributed by atoms with van der Waals surface area (Å²) >= 11 is 6.10. The quantitative estimate of drug-likeness (QED) is 0.437. The zero-order valence-corrected chi connectivity index (χ0v) is 23.5. The summed E-state index contributed by atoms with van der Waals surface area (Å²) in [7, 11) is -4.25. The van der Waals surface area contributed by atoms with Crippen LogP contribution in [0.2, 0.25) is 5.02 Å². The average Bonchev–Trinajstić information content (AvgIpc) is 2.78. The zero-order chi connectivity index (χ0) is 28.9. The summed E-state index contributed by atoms with van der Waals surface area (Å²) in [4.78, 5) is 28.0. The number of carbonyl (C=O) groups excluding carboxylic acids is 2. The lowest BCUT2D eigenvalue weighted by molar-refractivity contribution is -0.140. The first kappa shape index (κ1) is 31.4. The van der Waals surface area contributed by atoms with Crippen LogP contribution in [0.25, 0.3) is 0 Å². The second kappa shape index (κ2) is 12.4. The molecule has 38 heavy (non-hydrogen) atoms. The smallest absolute Gasteiger partial charge is 0.350 e. The van der Waals surface area contributed by atoms with Crippen molar-refractivity contribution in [2.45, 2.75) is 58.3 Å². The molecular formula is C26H33ClF3N3O4S. The maximum atomic E-state index is 13.6. The average molecular weight is 576 g/mol. The lowest BCUT2D eigenvalue weighted by atomic mass is 10.1. The topological polar surface area (TPSA) is 86.8 Å². The fraction of sp³-hybridized carbons (Fsp3) is 0.462. The van der Waals surface area contributed by atoms with Gasteiger partial charge in [0.2, 0.25) is 21.8 Å². The van der Waals surface area contributed by atoms with Crippen molar-refractivity contribution in [1.82, 2.24) is 10.2 Å². The van der Waals surface area contributed by atoms with E-state index in [-0.39, 0.29) is 18.0 Å². The largest absolute Gasteiger partial charge is 0.416 e. The van der Waals surface area contributed by atoms with Crippen molar-refractivity contribution in [1.29, 1.82) is 0 Å². The number of carbonyl (C=O) groups is 2. The maximum absolute atomic E-state index is 13.6. The molecule has 1 N–H and O–H groups in total. The van der Waals surface area contributed by atoms with Crippen molar-refractivity contribution in [2.75, 3.05) is 23.7 Å². The molecule has 0 heterocycles. The number of hydrogen-bond donors (Lipinski definition) is 1. The van der Waals surface area contributed by atoms with Crippen LogP contribution in [0, 0.1) is 0 Å². The molecule has 0 aliphatic rings. The van der Waals surface area contributed by atoms with Crippen LogP contribution in [0.3, 0.4) is 0 Å². The van der Waals surface area contributed by atoms with E-state index in [1.165, 1.54) is 4.90 Å². The third-order valence-electron chi connectivity index (χ3n) is 5.59. The summed E-state index contributed by atoms with van der Waals surface area (Å²) in [6, 6.07) is 10.5. The molecule has 2 aromatic rings. The predicted octanol–water partition coefficient (Wildman–Crippen LogP) is 4.89. The summed E-state index contributed by atoms with van der Waals surface area (Å²) in [5.74, 6) is -1.18. The van der Waals surface area contributed by atoms with E-state index in [2.05, 4.69) is 5.32 Å². The van der Waals surface area contributed by atoms with Crippen LogP contribution in [0.1, 0.15) is 45.2 Å². The maximum Gasteiger partial charge on any atom is 0.416 e. The fourth-order valence-corrected chi connectivity index (χ4v) is 4.95. The highest BCUT2D eigenvalue weighted by Gasteiger charge is 2.35. The van der Waals surface area contributed by atoms with Crippen molar-refractivity contribution in [3.8, 4) is 0 Å². The minimum atomic E-state index is -4.76. The Hall–Kier alpha value is -2.79. The first-order valence-electron chi connectivity index (χ1n) is 11.9. The molecule has 12 heteroatoms.